The minimum Gasteiger partial charge on any atom is -0.314 e. The molecule has 1 heteroatoms. The molecule has 1 atom stereocenters. The van der Waals surface area contributed by atoms with E-state index in [1.165, 1.54) is 23.1 Å². The second kappa shape index (κ2) is 7.29. The van der Waals surface area contributed by atoms with E-state index in [0.717, 1.165) is 19.4 Å². The third kappa shape index (κ3) is 5.18. The van der Waals surface area contributed by atoms with Gasteiger partial charge < -0.3 is 5.32 Å². The summed E-state index contributed by atoms with van der Waals surface area (Å²) in [6.07, 6.45) is 5.38. The molecule has 0 aliphatic heterocycles. The topological polar surface area (TPSA) is 12.0 Å². The molecule has 94 valence electrons. The van der Waals surface area contributed by atoms with Crippen LogP contribution in [0, 0.1) is 13.8 Å². The lowest BCUT2D eigenvalue weighted by Crippen LogP contribution is -2.30. The standard InChI is InChI=1S/C16H25N/c1-5-7-8-16(17-6-2)12-15-10-13(3)9-14(4)11-15/h5,9-11,16-17H,1,6-8,12H2,2-4H3. The maximum atomic E-state index is 3.80. The number of likely N-dealkylation sites (N-methyl/N-ethyl adjacent to an activating group) is 1. The van der Waals surface area contributed by atoms with Crippen LogP contribution in [-0.4, -0.2) is 12.6 Å². The molecule has 0 saturated carbocycles. The number of rotatable bonds is 7. The molecule has 0 radical (unpaired) electrons. The van der Waals surface area contributed by atoms with Crippen molar-refractivity contribution in [1.29, 1.82) is 0 Å². The Morgan fingerprint density at radius 2 is 1.88 bits per heavy atom. The zero-order chi connectivity index (χ0) is 12.7. The second-order valence-electron chi connectivity index (χ2n) is 4.82. The lowest BCUT2D eigenvalue weighted by molar-refractivity contribution is 0.494. The summed E-state index contributed by atoms with van der Waals surface area (Å²) in [5, 5.41) is 3.56. The highest BCUT2D eigenvalue weighted by Gasteiger charge is 2.07. The maximum Gasteiger partial charge on any atom is 0.0110 e. The molecule has 1 unspecified atom stereocenters. The van der Waals surface area contributed by atoms with E-state index in [-0.39, 0.29) is 0 Å². The van der Waals surface area contributed by atoms with Gasteiger partial charge in [-0.15, -0.1) is 6.58 Å². The van der Waals surface area contributed by atoms with Gasteiger partial charge in [0.2, 0.25) is 0 Å². The van der Waals surface area contributed by atoms with E-state index in [1.807, 2.05) is 6.08 Å². The molecule has 1 nitrogen and oxygen atoms in total. The minimum absolute atomic E-state index is 0.569. The number of hydrogen-bond acceptors (Lipinski definition) is 1. The van der Waals surface area contributed by atoms with Crippen LogP contribution in [0.3, 0.4) is 0 Å². The summed E-state index contributed by atoms with van der Waals surface area (Å²) in [6, 6.07) is 7.39. The van der Waals surface area contributed by atoms with Gasteiger partial charge in [0.15, 0.2) is 0 Å². The van der Waals surface area contributed by atoms with Crippen molar-refractivity contribution in [2.24, 2.45) is 0 Å². The molecule has 0 bridgehead atoms. The molecule has 1 N–H and O–H groups in total. The average Bonchev–Trinajstić information content (AvgIpc) is 2.24. The fourth-order valence-electron chi connectivity index (χ4n) is 2.36. The highest BCUT2D eigenvalue weighted by atomic mass is 14.9. The van der Waals surface area contributed by atoms with E-state index < -0.39 is 0 Å². The highest BCUT2D eigenvalue weighted by molar-refractivity contribution is 5.29. The molecule has 0 heterocycles. The summed E-state index contributed by atoms with van der Waals surface area (Å²) < 4.78 is 0. The Morgan fingerprint density at radius 3 is 2.41 bits per heavy atom. The van der Waals surface area contributed by atoms with Gasteiger partial charge in [-0.25, -0.2) is 0 Å². The highest BCUT2D eigenvalue weighted by Crippen LogP contribution is 2.13. The maximum absolute atomic E-state index is 3.80. The van der Waals surface area contributed by atoms with E-state index in [9.17, 15) is 0 Å². The third-order valence-electron chi connectivity index (χ3n) is 2.98. The molecule has 0 fully saturated rings. The molecule has 0 aliphatic rings. The Kier molecular flexibility index (Phi) is 5.99. The molecule has 0 spiro atoms. The van der Waals surface area contributed by atoms with Gasteiger partial charge in [-0.05, 0) is 45.2 Å². The molecular formula is C16H25N. The van der Waals surface area contributed by atoms with Crippen LogP contribution in [0.15, 0.2) is 30.9 Å². The minimum atomic E-state index is 0.569. The van der Waals surface area contributed by atoms with E-state index in [2.05, 4.69) is 50.9 Å². The van der Waals surface area contributed by atoms with Crippen molar-refractivity contribution in [3.05, 3.63) is 47.5 Å². The van der Waals surface area contributed by atoms with Crippen molar-refractivity contribution in [2.75, 3.05) is 6.54 Å². The number of benzene rings is 1. The van der Waals surface area contributed by atoms with Crippen LogP contribution in [-0.2, 0) is 6.42 Å². The van der Waals surface area contributed by atoms with Crippen LogP contribution in [0.1, 0.15) is 36.5 Å². The molecule has 0 aliphatic carbocycles. The van der Waals surface area contributed by atoms with Gasteiger partial charge >= 0.3 is 0 Å². The molecule has 17 heavy (non-hydrogen) atoms. The first-order valence-corrected chi connectivity index (χ1v) is 6.57. The Morgan fingerprint density at radius 1 is 1.24 bits per heavy atom. The number of allylic oxidation sites excluding steroid dienone is 1. The largest absolute Gasteiger partial charge is 0.314 e. The Hall–Kier alpha value is -1.08. The summed E-state index contributed by atoms with van der Waals surface area (Å²) in [5.41, 5.74) is 4.16. The van der Waals surface area contributed by atoms with E-state index in [0.29, 0.717) is 6.04 Å². The zero-order valence-electron chi connectivity index (χ0n) is 11.4. The monoisotopic (exact) mass is 231 g/mol. The molecule has 1 aromatic carbocycles. The lowest BCUT2D eigenvalue weighted by Gasteiger charge is -2.17. The molecule has 0 aromatic heterocycles. The average molecular weight is 231 g/mol. The van der Waals surface area contributed by atoms with E-state index in [1.54, 1.807) is 0 Å². The van der Waals surface area contributed by atoms with Crippen LogP contribution in [0.4, 0.5) is 0 Å². The third-order valence-corrected chi connectivity index (χ3v) is 2.98. The fourth-order valence-corrected chi connectivity index (χ4v) is 2.36. The van der Waals surface area contributed by atoms with Gasteiger partial charge in [0, 0.05) is 6.04 Å². The Balaban J connectivity index is 2.66. The zero-order valence-corrected chi connectivity index (χ0v) is 11.4. The summed E-state index contributed by atoms with van der Waals surface area (Å²) in [5.74, 6) is 0. The number of hydrogen-bond donors (Lipinski definition) is 1. The SMILES string of the molecule is C=CCCC(Cc1cc(C)cc(C)c1)NCC. The molecule has 1 aromatic rings. The number of aryl methyl sites for hydroxylation is 2. The van der Waals surface area contributed by atoms with Crippen LogP contribution in [0.5, 0.6) is 0 Å². The van der Waals surface area contributed by atoms with Crippen molar-refractivity contribution in [3.8, 4) is 0 Å². The second-order valence-corrected chi connectivity index (χ2v) is 4.82. The smallest absolute Gasteiger partial charge is 0.0110 e. The Bertz CT molecular complexity index is 334. The van der Waals surface area contributed by atoms with Gasteiger partial charge in [-0.3, -0.25) is 0 Å². The van der Waals surface area contributed by atoms with Gasteiger partial charge in [0.1, 0.15) is 0 Å². The molecule has 0 amide bonds. The van der Waals surface area contributed by atoms with Gasteiger partial charge in [0.25, 0.3) is 0 Å². The summed E-state index contributed by atoms with van der Waals surface area (Å²) in [6.45, 7) is 11.3. The van der Waals surface area contributed by atoms with Crippen molar-refractivity contribution >= 4 is 0 Å². The normalized spacial score (nSPS) is 12.4. The van der Waals surface area contributed by atoms with E-state index >= 15 is 0 Å². The molecule has 1 rings (SSSR count). The molecule has 0 saturated heterocycles. The van der Waals surface area contributed by atoms with Crippen LogP contribution < -0.4 is 5.32 Å². The summed E-state index contributed by atoms with van der Waals surface area (Å²) in [7, 11) is 0. The molecular weight excluding hydrogens is 206 g/mol. The quantitative estimate of drug-likeness (QED) is 0.704. The van der Waals surface area contributed by atoms with Crippen molar-refractivity contribution in [2.45, 2.75) is 46.1 Å². The van der Waals surface area contributed by atoms with Crippen molar-refractivity contribution in [1.82, 2.24) is 5.32 Å². The number of nitrogens with one attached hydrogen (secondary N) is 1. The van der Waals surface area contributed by atoms with Gasteiger partial charge in [-0.2, -0.15) is 0 Å². The van der Waals surface area contributed by atoms with E-state index in [4.69, 9.17) is 0 Å². The predicted molar refractivity (Wildman–Crippen MR) is 76.5 cm³/mol. The van der Waals surface area contributed by atoms with Crippen molar-refractivity contribution in [3.63, 3.8) is 0 Å². The van der Waals surface area contributed by atoms with Crippen molar-refractivity contribution < 1.29 is 0 Å². The first-order valence-electron chi connectivity index (χ1n) is 6.57. The first kappa shape index (κ1) is 14.0. The first-order chi connectivity index (χ1) is 8.15. The van der Waals surface area contributed by atoms with Crippen LogP contribution in [0.25, 0.3) is 0 Å². The van der Waals surface area contributed by atoms with Gasteiger partial charge in [-0.1, -0.05) is 42.3 Å². The van der Waals surface area contributed by atoms with Crippen LogP contribution >= 0.6 is 0 Å². The summed E-state index contributed by atoms with van der Waals surface area (Å²) >= 11 is 0. The lowest BCUT2D eigenvalue weighted by atomic mass is 9.98. The van der Waals surface area contributed by atoms with Crippen LogP contribution in [0.2, 0.25) is 0 Å². The fraction of sp³-hybridized carbons (Fsp3) is 0.500. The summed E-state index contributed by atoms with van der Waals surface area (Å²) in [4.78, 5) is 0. The predicted octanol–water partition coefficient (Wildman–Crippen LogP) is 3.79. The van der Waals surface area contributed by atoms with Gasteiger partial charge in [0.05, 0.1) is 0 Å². The Labute approximate surface area is 106 Å².